The highest BCUT2D eigenvalue weighted by molar-refractivity contribution is 7.21. The van der Waals surface area contributed by atoms with Gasteiger partial charge in [0.15, 0.2) is 6.61 Å². The standard InChI is InChI=1S/C13H12O3S/c1-8-10-5-3-4-6-12(10)17-13(8)11(15)7-16-9(2)14/h3-6H,7H2,1-2H3. The van der Waals surface area contributed by atoms with E-state index in [0.29, 0.717) is 4.88 Å². The minimum atomic E-state index is -0.433. The zero-order chi connectivity index (χ0) is 12.4. The Morgan fingerprint density at radius 2 is 2.00 bits per heavy atom. The molecule has 17 heavy (non-hydrogen) atoms. The summed E-state index contributed by atoms with van der Waals surface area (Å²) >= 11 is 1.44. The van der Waals surface area contributed by atoms with E-state index in [1.54, 1.807) is 0 Å². The third kappa shape index (κ3) is 2.36. The highest BCUT2D eigenvalue weighted by atomic mass is 32.1. The molecule has 0 atom stereocenters. The Kier molecular flexibility index (Phi) is 3.24. The summed E-state index contributed by atoms with van der Waals surface area (Å²) in [6.07, 6.45) is 0. The van der Waals surface area contributed by atoms with E-state index in [1.165, 1.54) is 18.3 Å². The van der Waals surface area contributed by atoms with Gasteiger partial charge in [-0.05, 0) is 23.9 Å². The van der Waals surface area contributed by atoms with E-state index in [2.05, 4.69) is 0 Å². The monoisotopic (exact) mass is 248 g/mol. The first-order valence-corrected chi connectivity index (χ1v) is 6.06. The van der Waals surface area contributed by atoms with E-state index < -0.39 is 5.97 Å². The highest BCUT2D eigenvalue weighted by Crippen LogP contribution is 2.30. The van der Waals surface area contributed by atoms with Gasteiger partial charge in [0.25, 0.3) is 0 Å². The molecule has 0 unspecified atom stereocenters. The molecule has 0 spiro atoms. The molecular formula is C13H12O3S. The van der Waals surface area contributed by atoms with Gasteiger partial charge in [-0.1, -0.05) is 18.2 Å². The molecule has 4 heteroatoms. The zero-order valence-corrected chi connectivity index (χ0v) is 10.5. The van der Waals surface area contributed by atoms with Crippen molar-refractivity contribution in [1.29, 1.82) is 0 Å². The lowest BCUT2D eigenvalue weighted by atomic mass is 10.1. The summed E-state index contributed by atoms with van der Waals surface area (Å²) in [5, 5.41) is 1.09. The van der Waals surface area contributed by atoms with Gasteiger partial charge in [0, 0.05) is 11.6 Å². The SMILES string of the molecule is CC(=O)OCC(=O)c1sc2ccccc2c1C. The molecule has 0 amide bonds. The average molecular weight is 248 g/mol. The first kappa shape index (κ1) is 11.8. The van der Waals surface area contributed by atoms with Gasteiger partial charge in [-0.15, -0.1) is 11.3 Å². The third-order valence-electron chi connectivity index (χ3n) is 2.50. The van der Waals surface area contributed by atoms with Crippen LogP contribution in [0.4, 0.5) is 0 Å². The Morgan fingerprint density at radius 3 is 2.65 bits per heavy atom. The summed E-state index contributed by atoms with van der Waals surface area (Å²) in [4.78, 5) is 23.2. The molecule has 0 saturated carbocycles. The molecule has 2 aromatic rings. The number of benzene rings is 1. The van der Waals surface area contributed by atoms with Crippen LogP contribution in [-0.4, -0.2) is 18.4 Å². The fourth-order valence-corrected chi connectivity index (χ4v) is 2.81. The summed E-state index contributed by atoms with van der Waals surface area (Å²) in [6.45, 7) is 3.04. The predicted molar refractivity (Wildman–Crippen MR) is 67.5 cm³/mol. The molecule has 88 valence electrons. The molecule has 1 aromatic carbocycles. The summed E-state index contributed by atoms with van der Waals surface area (Å²) in [6, 6.07) is 7.86. The molecule has 0 aliphatic rings. The first-order valence-electron chi connectivity index (χ1n) is 5.24. The number of carbonyl (C=O) groups is 2. The van der Waals surface area contributed by atoms with Gasteiger partial charge >= 0.3 is 5.97 Å². The fourth-order valence-electron chi connectivity index (χ4n) is 1.67. The van der Waals surface area contributed by atoms with Gasteiger partial charge in [0.1, 0.15) is 0 Å². The van der Waals surface area contributed by atoms with Crippen LogP contribution in [0.3, 0.4) is 0 Å². The highest BCUT2D eigenvalue weighted by Gasteiger charge is 2.15. The van der Waals surface area contributed by atoms with Gasteiger partial charge < -0.3 is 4.74 Å². The second-order valence-electron chi connectivity index (χ2n) is 3.76. The molecule has 0 fully saturated rings. The largest absolute Gasteiger partial charge is 0.457 e. The Morgan fingerprint density at radius 1 is 1.29 bits per heavy atom. The predicted octanol–water partition coefficient (Wildman–Crippen LogP) is 2.96. The van der Waals surface area contributed by atoms with Crippen LogP contribution < -0.4 is 0 Å². The number of carbonyl (C=O) groups excluding carboxylic acids is 2. The lowest BCUT2D eigenvalue weighted by molar-refractivity contribution is -0.139. The summed E-state index contributed by atoms with van der Waals surface area (Å²) < 4.78 is 5.81. The van der Waals surface area contributed by atoms with Crippen molar-refractivity contribution in [2.24, 2.45) is 0 Å². The minimum absolute atomic E-state index is 0.140. The third-order valence-corrected chi connectivity index (χ3v) is 3.82. The molecule has 0 bridgehead atoms. The van der Waals surface area contributed by atoms with Crippen molar-refractivity contribution in [2.45, 2.75) is 13.8 Å². The van der Waals surface area contributed by atoms with Crippen molar-refractivity contribution in [3.8, 4) is 0 Å². The number of ketones is 1. The minimum Gasteiger partial charge on any atom is -0.457 e. The van der Waals surface area contributed by atoms with Crippen molar-refractivity contribution in [2.75, 3.05) is 6.61 Å². The molecule has 0 saturated heterocycles. The molecule has 2 rings (SSSR count). The Hall–Kier alpha value is -1.68. The summed E-state index contributed by atoms with van der Waals surface area (Å²) in [5.74, 6) is -0.573. The van der Waals surface area contributed by atoms with Crippen LogP contribution in [0, 0.1) is 6.92 Å². The number of hydrogen-bond acceptors (Lipinski definition) is 4. The molecule has 1 aromatic heterocycles. The van der Waals surface area contributed by atoms with Gasteiger partial charge in [-0.25, -0.2) is 0 Å². The molecule has 0 radical (unpaired) electrons. The van der Waals surface area contributed by atoms with Crippen LogP contribution in [0.15, 0.2) is 24.3 Å². The van der Waals surface area contributed by atoms with Crippen molar-refractivity contribution >= 4 is 33.2 Å². The zero-order valence-electron chi connectivity index (χ0n) is 9.65. The van der Waals surface area contributed by atoms with Gasteiger partial charge in [-0.2, -0.15) is 0 Å². The number of esters is 1. The van der Waals surface area contributed by atoms with Crippen LogP contribution in [0.5, 0.6) is 0 Å². The normalized spacial score (nSPS) is 10.5. The second kappa shape index (κ2) is 4.67. The number of fused-ring (bicyclic) bond motifs is 1. The molecule has 0 N–H and O–H groups in total. The van der Waals surface area contributed by atoms with E-state index in [-0.39, 0.29) is 12.4 Å². The Balaban J connectivity index is 2.32. The summed E-state index contributed by atoms with van der Waals surface area (Å²) in [5.41, 5.74) is 0.961. The fraction of sp³-hybridized carbons (Fsp3) is 0.231. The van der Waals surface area contributed by atoms with Gasteiger partial charge in [-0.3, -0.25) is 9.59 Å². The molecule has 0 aliphatic heterocycles. The van der Waals surface area contributed by atoms with Crippen molar-refractivity contribution < 1.29 is 14.3 Å². The molecule has 1 heterocycles. The number of Topliss-reactive ketones (excluding diaryl/α,β-unsaturated/α-hetero) is 1. The van der Waals surface area contributed by atoms with Crippen LogP contribution in [0.25, 0.3) is 10.1 Å². The topological polar surface area (TPSA) is 43.4 Å². The number of ether oxygens (including phenoxy) is 1. The maximum absolute atomic E-state index is 11.9. The Bertz CT molecular complexity index is 583. The second-order valence-corrected chi connectivity index (χ2v) is 4.81. The maximum atomic E-state index is 11.9. The van der Waals surface area contributed by atoms with E-state index in [9.17, 15) is 9.59 Å². The molecule has 0 aliphatic carbocycles. The van der Waals surface area contributed by atoms with Crippen molar-refractivity contribution in [3.63, 3.8) is 0 Å². The van der Waals surface area contributed by atoms with Gasteiger partial charge in [0.05, 0.1) is 4.88 Å². The summed E-state index contributed by atoms with van der Waals surface area (Å²) in [7, 11) is 0. The number of thiophene rings is 1. The van der Waals surface area contributed by atoms with Crippen LogP contribution in [0.2, 0.25) is 0 Å². The van der Waals surface area contributed by atoms with E-state index in [1.807, 2.05) is 31.2 Å². The van der Waals surface area contributed by atoms with Crippen molar-refractivity contribution in [3.05, 3.63) is 34.7 Å². The first-order chi connectivity index (χ1) is 8.09. The number of aryl methyl sites for hydroxylation is 1. The van der Waals surface area contributed by atoms with Crippen LogP contribution in [0.1, 0.15) is 22.2 Å². The van der Waals surface area contributed by atoms with Gasteiger partial charge in [0.2, 0.25) is 5.78 Å². The Labute approximate surface area is 103 Å². The van der Waals surface area contributed by atoms with Crippen LogP contribution in [-0.2, 0) is 9.53 Å². The quantitative estimate of drug-likeness (QED) is 0.619. The maximum Gasteiger partial charge on any atom is 0.303 e. The number of rotatable bonds is 3. The molecular weight excluding hydrogens is 236 g/mol. The average Bonchev–Trinajstić information content (AvgIpc) is 2.64. The van der Waals surface area contributed by atoms with E-state index in [0.717, 1.165) is 15.6 Å². The smallest absolute Gasteiger partial charge is 0.303 e. The van der Waals surface area contributed by atoms with Crippen LogP contribution >= 0.6 is 11.3 Å². The number of hydrogen-bond donors (Lipinski definition) is 0. The van der Waals surface area contributed by atoms with Crippen molar-refractivity contribution in [1.82, 2.24) is 0 Å². The molecule has 3 nitrogen and oxygen atoms in total. The van der Waals surface area contributed by atoms with E-state index >= 15 is 0 Å². The lowest BCUT2D eigenvalue weighted by Crippen LogP contribution is -2.11. The van der Waals surface area contributed by atoms with E-state index in [4.69, 9.17) is 4.74 Å². The lowest BCUT2D eigenvalue weighted by Gasteiger charge is -2.00.